The third kappa shape index (κ3) is 3.22. The molecule has 0 unspecified atom stereocenters. The maximum absolute atomic E-state index is 12.1. The molecule has 0 amide bonds. The second-order valence-corrected chi connectivity index (χ2v) is 4.56. The zero-order valence-corrected chi connectivity index (χ0v) is 12.1. The molecule has 6 heteroatoms. The number of benzene rings is 1. The van der Waals surface area contributed by atoms with Gasteiger partial charge in [0.25, 0.3) is 0 Å². The van der Waals surface area contributed by atoms with E-state index in [2.05, 4.69) is 4.74 Å². The summed E-state index contributed by atoms with van der Waals surface area (Å²) >= 11 is 0. The molecule has 6 nitrogen and oxygen atoms in total. The van der Waals surface area contributed by atoms with Crippen molar-refractivity contribution in [3.63, 3.8) is 0 Å². The van der Waals surface area contributed by atoms with Crippen LogP contribution in [-0.2, 0) is 4.74 Å². The van der Waals surface area contributed by atoms with Crippen LogP contribution < -0.4 is 4.90 Å². The van der Waals surface area contributed by atoms with Crippen molar-refractivity contribution in [3.05, 3.63) is 53.1 Å². The fourth-order valence-corrected chi connectivity index (χ4v) is 1.78. The van der Waals surface area contributed by atoms with E-state index >= 15 is 0 Å². The lowest BCUT2D eigenvalue weighted by Gasteiger charge is -2.12. The van der Waals surface area contributed by atoms with E-state index in [1.165, 1.54) is 25.7 Å². The largest absolute Gasteiger partial charge is 0.618 e. The molecule has 21 heavy (non-hydrogen) atoms. The van der Waals surface area contributed by atoms with Crippen LogP contribution in [0.15, 0.2) is 41.0 Å². The molecule has 0 aliphatic heterocycles. The number of carbonyl (C=O) groups excluding carboxylic acids is 1. The number of anilines is 1. The zero-order chi connectivity index (χ0) is 15.4. The van der Waals surface area contributed by atoms with Crippen molar-refractivity contribution >= 4 is 23.6 Å². The Bertz CT molecular complexity index is 657. The topological polar surface area (TPSA) is 68.7 Å². The Hall–Kier alpha value is -2.76. The first kappa shape index (κ1) is 14.6. The van der Waals surface area contributed by atoms with Crippen molar-refractivity contribution in [1.82, 2.24) is 0 Å². The summed E-state index contributed by atoms with van der Waals surface area (Å²) in [4.78, 5) is 13.4. The maximum Gasteiger partial charge on any atom is 0.342 e. The van der Waals surface area contributed by atoms with Crippen molar-refractivity contribution in [2.45, 2.75) is 0 Å². The van der Waals surface area contributed by atoms with Gasteiger partial charge in [0.2, 0.25) is 17.7 Å². The van der Waals surface area contributed by atoms with E-state index < -0.39 is 5.97 Å². The number of rotatable bonds is 4. The molecule has 1 heterocycles. The Morgan fingerprint density at radius 2 is 1.95 bits per heavy atom. The Morgan fingerprint density at radius 1 is 1.29 bits per heavy atom. The molecule has 0 aliphatic carbocycles. The Labute approximate surface area is 122 Å². The highest BCUT2D eigenvalue weighted by atomic mass is 16.5. The maximum atomic E-state index is 12.1. The molecule has 2 aromatic rings. The van der Waals surface area contributed by atoms with E-state index in [0.29, 0.717) is 10.4 Å². The van der Waals surface area contributed by atoms with Gasteiger partial charge in [0.15, 0.2) is 0 Å². The number of hydrogen-bond acceptors (Lipinski definition) is 5. The van der Waals surface area contributed by atoms with Crippen LogP contribution >= 0.6 is 0 Å². The first-order chi connectivity index (χ1) is 10.0. The molecular weight excluding hydrogens is 272 g/mol. The van der Waals surface area contributed by atoms with E-state index in [1.807, 2.05) is 31.1 Å². The summed E-state index contributed by atoms with van der Waals surface area (Å²) in [6.45, 7) is 0. The highest BCUT2D eigenvalue weighted by Crippen LogP contribution is 2.18. The number of furan rings is 1. The van der Waals surface area contributed by atoms with Crippen molar-refractivity contribution in [2.75, 3.05) is 26.1 Å². The summed E-state index contributed by atoms with van der Waals surface area (Å²) in [5.41, 5.74) is 1.64. The molecule has 110 valence electrons. The van der Waals surface area contributed by atoms with Crippen molar-refractivity contribution in [2.24, 2.45) is 0 Å². The van der Waals surface area contributed by atoms with Crippen LogP contribution in [0.5, 0.6) is 0 Å². The molecule has 0 radical (unpaired) electrons. The first-order valence-electron chi connectivity index (χ1n) is 6.27. The molecule has 0 aliphatic rings. The van der Waals surface area contributed by atoms with E-state index in [9.17, 15) is 10.0 Å². The lowest BCUT2D eigenvalue weighted by molar-refractivity contribution is -0.354. The van der Waals surface area contributed by atoms with Gasteiger partial charge in [-0.3, -0.25) is 0 Å². The van der Waals surface area contributed by atoms with Gasteiger partial charge in [-0.25, -0.2) is 4.79 Å². The summed E-state index contributed by atoms with van der Waals surface area (Å²) in [5.74, 6) is -0.389. The van der Waals surface area contributed by atoms with Gasteiger partial charge in [-0.05, 0) is 18.2 Å². The highest BCUT2D eigenvalue weighted by Gasteiger charge is 2.16. The van der Waals surface area contributed by atoms with Crippen LogP contribution in [0.1, 0.15) is 16.1 Å². The number of ether oxygens (including phenoxy) is 1. The molecular formula is C15H16N2O4. The average Bonchev–Trinajstić information content (AvgIpc) is 2.94. The van der Waals surface area contributed by atoms with Gasteiger partial charge in [0.1, 0.15) is 5.56 Å². The fraction of sp³-hybridized carbons (Fsp3) is 0.200. The number of carbonyl (C=O) groups is 1. The standard InChI is InChI=1S/C15H16N2O4/c1-16(2)11-4-6-12(7-5-11)17(19)10-14-13(8-9-21-14)15(18)20-3/h4-10H,1-3H3. The summed E-state index contributed by atoms with van der Waals surface area (Å²) in [6.07, 6.45) is 2.54. The quantitative estimate of drug-likeness (QED) is 0.284. The van der Waals surface area contributed by atoms with Gasteiger partial charge in [0.05, 0.1) is 13.4 Å². The van der Waals surface area contributed by atoms with Crippen LogP contribution in [0.25, 0.3) is 0 Å². The molecule has 1 aromatic heterocycles. The van der Waals surface area contributed by atoms with Crippen molar-refractivity contribution in [1.29, 1.82) is 0 Å². The number of hydrogen-bond donors (Lipinski definition) is 0. The average molecular weight is 288 g/mol. The predicted octanol–water partition coefficient (Wildman–Crippen LogP) is 2.39. The van der Waals surface area contributed by atoms with Crippen LogP contribution in [0.3, 0.4) is 0 Å². The monoisotopic (exact) mass is 288 g/mol. The molecule has 0 spiro atoms. The summed E-state index contributed by atoms with van der Waals surface area (Å²) < 4.78 is 10.4. The van der Waals surface area contributed by atoms with Crippen LogP contribution in [0.4, 0.5) is 11.4 Å². The van der Waals surface area contributed by atoms with E-state index in [1.54, 1.807) is 12.1 Å². The Balaban J connectivity index is 2.29. The van der Waals surface area contributed by atoms with Crippen LogP contribution in [0.2, 0.25) is 0 Å². The third-order valence-electron chi connectivity index (χ3n) is 2.96. The minimum atomic E-state index is -0.550. The number of methoxy groups -OCH3 is 1. The normalized spacial score (nSPS) is 11.3. The molecule has 0 saturated carbocycles. The van der Waals surface area contributed by atoms with Crippen molar-refractivity contribution < 1.29 is 18.7 Å². The Kier molecular flexibility index (Phi) is 4.27. The van der Waals surface area contributed by atoms with Gasteiger partial charge in [-0.1, -0.05) is 0 Å². The Morgan fingerprint density at radius 3 is 2.52 bits per heavy atom. The van der Waals surface area contributed by atoms with Gasteiger partial charge >= 0.3 is 5.97 Å². The number of esters is 1. The smallest absolute Gasteiger partial charge is 0.342 e. The lowest BCUT2D eigenvalue weighted by Crippen LogP contribution is -2.08. The SMILES string of the molecule is COC(=O)c1ccoc1C=[N+]([O-])c1ccc(N(C)C)cc1. The molecule has 0 saturated heterocycles. The minimum absolute atomic E-state index is 0.161. The van der Waals surface area contributed by atoms with Gasteiger partial charge in [0, 0.05) is 31.9 Å². The van der Waals surface area contributed by atoms with Crippen molar-refractivity contribution in [3.8, 4) is 0 Å². The molecule has 0 fully saturated rings. The lowest BCUT2D eigenvalue weighted by atomic mass is 10.2. The molecule has 0 N–H and O–H groups in total. The van der Waals surface area contributed by atoms with Gasteiger partial charge in [-0.15, -0.1) is 0 Å². The second kappa shape index (κ2) is 6.13. The summed E-state index contributed by atoms with van der Waals surface area (Å²) in [6, 6.07) is 8.51. The molecule has 2 rings (SSSR count). The number of nitrogens with zero attached hydrogens (tertiary/aromatic N) is 2. The van der Waals surface area contributed by atoms with E-state index in [4.69, 9.17) is 4.42 Å². The highest BCUT2D eigenvalue weighted by molar-refractivity contribution is 5.96. The third-order valence-corrected chi connectivity index (χ3v) is 2.96. The fourth-order valence-electron chi connectivity index (χ4n) is 1.78. The molecule has 0 atom stereocenters. The summed E-state index contributed by atoms with van der Waals surface area (Å²) in [7, 11) is 5.11. The zero-order valence-electron chi connectivity index (χ0n) is 12.1. The van der Waals surface area contributed by atoms with Gasteiger partial charge < -0.3 is 19.3 Å². The van der Waals surface area contributed by atoms with E-state index in [-0.39, 0.29) is 11.3 Å². The minimum Gasteiger partial charge on any atom is -0.618 e. The van der Waals surface area contributed by atoms with E-state index in [0.717, 1.165) is 5.69 Å². The van der Waals surface area contributed by atoms with Gasteiger partial charge in [-0.2, -0.15) is 4.74 Å². The van der Waals surface area contributed by atoms with Crippen LogP contribution in [0, 0.1) is 5.21 Å². The molecule has 0 bridgehead atoms. The summed E-state index contributed by atoms with van der Waals surface area (Å²) in [5, 5.41) is 12.1. The van der Waals surface area contributed by atoms with Crippen LogP contribution in [-0.4, -0.2) is 38.1 Å². The predicted molar refractivity (Wildman–Crippen MR) is 79.3 cm³/mol. The second-order valence-electron chi connectivity index (χ2n) is 4.56. The first-order valence-corrected chi connectivity index (χ1v) is 6.27. The molecule has 1 aromatic carbocycles.